The van der Waals surface area contributed by atoms with Crippen LogP contribution in [0.4, 0.5) is 0 Å². The van der Waals surface area contributed by atoms with E-state index in [1.165, 1.54) is 0 Å². The van der Waals surface area contributed by atoms with Gasteiger partial charge < -0.3 is 9.53 Å². The van der Waals surface area contributed by atoms with Crippen LogP contribution in [0.15, 0.2) is 5.18 Å². The first kappa shape index (κ1) is 9.74. The zero-order valence-corrected chi connectivity index (χ0v) is 6.15. The van der Waals surface area contributed by atoms with E-state index in [0.717, 1.165) is 0 Å². The minimum absolute atomic E-state index is 0.239. The van der Waals surface area contributed by atoms with Gasteiger partial charge in [0.15, 0.2) is 6.04 Å². The van der Waals surface area contributed by atoms with E-state index in [1.807, 2.05) is 0 Å². The van der Waals surface area contributed by atoms with E-state index in [1.54, 1.807) is 6.92 Å². The summed E-state index contributed by atoms with van der Waals surface area (Å²) in [7, 11) is 0. The molecule has 0 spiro atoms. The Morgan fingerprint density at radius 2 is 2.36 bits per heavy atom. The number of aldehydes is 1. The molecule has 0 saturated carbocycles. The summed E-state index contributed by atoms with van der Waals surface area (Å²) in [5, 5.41) is 2.41. The van der Waals surface area contributed by atoms with Crippen LogP contribution in [0.1, 0.15) is 13.3 Å². The highest BCUT2D eigenvalue weighted by atomic mass is 16.5. The third-order valence-corrected chi connectivity index (χ3v) is 0.974. The number of carbonyl (C=O) groups excluding carboxylic acids is 2. The maximum Gasteiger partial charge on any atom is 0.308 e. The molecule has 11 heavy (non-hydrogen) atoms. The highest BCUT2D eigenvalue weighted by Gasteiger charge is 2.13. The summed E-state index contributed by atoms with van der Waals surface area (Å²) in [6.07, 6.45) is 0.0603. The number of hydrogen-bond donors (Lipinski definition) is 0. The van der Waals surface area contributed by atoms with Gasteiger partial charge in [-0.2, -0.15) is 4.91 Å². The topological polar surface area (TPSA) is 72.8 Å². The van der Waals surface area contributed by atoms with Crippen LogP contribution in [0, 0.1) is 4.91 Å². The van der Waals surface area contributed by atoms with Gasteiger partial charge in [0, 0.05) is 0 Å². The number of carbonyl (C=O) groups is 2. The molecule has 0 N–H and O–H groups in total. The van der Waals surface area contributed by atoms with Crippen molar-refractivity contribution in [2.24, 2.45) is 5.18 Å². The van der Waals surface area contributed by atoms with Gasteiger partial charge in [0.2, 0.25) is 0 Å². The second kappa shape index (κ2) is 5.52. The van der Waals surface area contributed by atoms with Gasteiger partial charge in [-0.3, -0.25) is 4.79 Å². The van der Waals surface area contributed by atoms with Crippen molar-refractivity contribution >= 4 is 12.3 Å². The SMILES string of the molecule is CCOC(=O)CC(C=O)N=O. The Hall–Kier alpha value is -1.26. The minimum atomic E-state index is -1.10. The largest absolute Gasteiger partial charge is 0.466 e. The molecule has 0 aromatic rings. The fourth-order valence-electron chi connectivity index (χ4n) is 0.501. The van der Waals surface area contributed by atoms with Crippen LogP contribution in [0.25, 0.3) is 0 Å². The Balaban J connectivity index is 3.71. The second-order valence-corrected chi connectivity index (χ2v) is 1.82. The first-order chi connectivity index (χ1) is 5.24. The van der Waals surface area contributed by atoms with Crippen molar-refractivity contribution in [3.05, 3.63) is 4.91 Å². The first-order valence-corrected chi connectivity index (χ1v) is 3.18. The Bertz CT molecular complexity index is 149. The lowest BCUT2D eigenvalue weighted by molar-refractivity contribution is -0.144. The van der Waals surface area contributed by atoms with Crippen LogP contribution < -0.4 is 0 Å². The molecule has 0 aliphatic rings. The van der Waals surface area contributed by atoms with Gasteiger partial charge in [-0.1, -0.05) is 5.18 Å². The van der Waals surface area contributed by atoms with Gasteiger partial charge in [0.25, 0.3) is 0 Å². The lowest BCUT2D eigenvalue weighted by Gasteiger charge is -2.00. The molecule has 0 radical (unpaired) electrons. The van der Waals surface area contributed by atoms with Gasteiger partial charge in [-0.05, 0) is 6.92 Å². The standard InChI is InChI=1S/C6H9NO4/c1-2-11-6(9)3-5(4-8)7-10/h4-5H,2-3H2,1H3. The van der Waals surface area contributed by atoms with Crippen molar-refractivity contribution in [3.8, 4) is 0 Å². The summed E-state index contributed by atoms with van der Waals surface area (Å²) in [6.45, 7) is 1.88. The second-order valence-electron chi connectivity index (χ2n) is 1.82. The summed E-state index contributed by atoms with van der Waals surface area (Å²) in [4.78, 5) is 30.4. The predicted octanol–water partition coefficient (Wildman–Crippen LogP) is 0.273. The summed E-state index contributed by atoms with van der Waals surface area (Å²) in [5.41, 5.74) is 0. The maximum atomic E-state index is 10.6. The average molecular weight is 159 g/mol. The van der Waals surface area contributed by atoms with Crippen LogP contribution in [0.3, 0.4) is 0 Å². The average Bonchev–Trinajstić information content (AvgIpc) is 2.01. The van der Waals surface area contributed by atoms with E-state index in [0.29, 0.717) is 6.29 Å². The van der Waals surface area contributed by atoms with Crippen molar-refractivity contribution in [2.75, 3.05) is 6.61 Å². The van der Waals surface area contributed by atoms with Gasteiger partial charge in [0.05, 0.1) is 13.0 Å². The van der Waals surface area contributed by atoms with E-state index in [9.17, 15) is 14.5 Å². The van der Waals surface area contributed by atoms with E-state index in [4.69, 9.17) is 0 Å². The number of ether oxygens (including phenoxy) is 1. The molecule has 0 bridgehead atoms. The lowest BCUT2D eigenvalue weighted by atomic mass is 10.2. The molecule has 0 aliphatic carbocycles. The first-order valence-electron chi connectivity index (χ1n) is 3.18. The highest BCUT2D eigenvalue weighted by Crippen LogP contribution is 1.95. The zero-order chi connectivity index (χ0) is 8.69. The predicted molar refractivity (Wildman–Crippen MR) is 36.9 cm³/mol. The third-order valence-electron chi connectivity index (χ3n) is 0.974. The fourth-order valence-corrected chi connectivity index (χ4v) is 0.501. The lowest BCUT2D eigenvalue weighted by Crippen LogP contribution is -2.14. The van der Waals surface area contributed by atoms with Gasteiger partial charge in [0.1, 0.15) is 6.29 Å². The molecular weight excluding hydrogens is 150 g/mol. The molecule has 0 saturated heterocycles. The van der Waals surface area contributed by atoms with Crippen LogP contribution in [0.5, 0.6) is 0 Å². The van der Waals surface area contributed by atoms with Gasteiger partial charge in [-0.25, -0.2) is 0 Å². The Morgan fingerprint density at radius 1 is 1.73 bits per heavy atom. The number of nitroso groups, excluding NO2 is 1. The molecule has 0 amide bonds. The molecule has 0 heterocycles. The van der Waals surface area contributed by atoms with Crippen molar-refractivity contribution in [2.45, 2.75) is 19.4 Å². The van der Waals surface area contributed by atoms with E-state index in [2.05, 4.69) is 9.91 Å². The van der Waals surface area contributed by atoms with Crippen LogP contribution in [-0.4, -0.2) is 24.9 Å². The fraction of sp³-hybridized carbons (Fsp3) is 0.667. The van der Waals surface area contributed by atoms with Crippen molar-refractivity contribution < 1.29 is 14.3 Å². The summed E-state index contributed by atoms with van der Waals surface area (Å²) in [5.74, 6) is -0.579. The molecule has 0 aromatic carbocycles. The normalized spacial score (nSPS) is 11.7. The minimum Gasteiger partial charge on any atom is -0.466 e. The molecule has 0 aliphatic heterocycles. The van der Waals surface area contributed by atoms with E-state index >= 15 is 0 Å². The van der Waals surface area contributed by atoms with E-state index in [-0.39, 0.29) is 13.0 Å². The molecule has 5 nitrogen and oxygen atoms in total. The van der Waals surface area contributed by atoms with Crippen molar-refractivity contribution in [1.82, 2.24) is 0 Å². The van der Waals surface area contributed by atoms with Gasteiger partial charge >= 0.3 is 5.97 Å². The molecular formula is C6H9NO4. The molecule has 1 unspecified atom stereocenters. The number of nitrogens with zero attached hydrogens (tertiary/aromatic N) is 1. The number of esters is 1. The molecule has 1 atom stereocenters. The number of rotatable bonds is 5. The highest BCUT2D eigenvalue weighted by molar-refractivity contribution is 5.75. The summed E-state index contributed by atoms with van der Waals surface area (Å²) in [6, 6.07) is -1.10. The molecule has 62 valence electrons. The van der Waals surface area contributed by atoms with Crippen molar-refractivity contribution in [1.29, 1.82) is 0 Å². The molecule has 0 rings (SSSR count). The molecule has 0 aromatic heterocycles. The summed E-state index contributed by atoms with van der Waals surface area (Å²) < 4.78 is 4.48. The van der Waals surface area contributed by atoms with E-state index < -0.39 is 12.0 Å². The molecule has 0 fully saturated rings. The summed E-state index contributed by atoms with van der Waals surface area (Å²) >= 11 is 0. The van der Waals surface area contributed by atoms with Crippen LogP contribution in [-0.2, 0) is 14.3 Å². The van der Waals surface area contributed by atoms with Crippen LogP contribution >= 0.6 is 0 Å². The maximum absolute atomic E-state index is 10.6. The zero-order valence-electron chi connectivity index (χ0n) is 6.15. The quantitative estimate of drug-likeness (QED) is 0.328. The van der Waals surface area contributed by atoms with Gasteiger partial charge in [-0.15, -0.1) is 0 Å². The number of hydrogen-bond acceptors (Lipinski definition) is 5. The van der Waals surface area contributed by atoms with Crippen LogP contribution in [0.2, 0.25) is 0 Å². The van der Waals surface area contributed by atoms with Crippen molar-refractivity contribution in [3.63, 3.8) is 0 Å². The Kier molecular flexibility index (Phi) is 4.89. The monoisotopic (exact) mass is 159 g/mol. The smallest absolute Gasteiger partial charge is 0.308 e. The Morgan fingerprint density at radius 3 is 2.73 bits per heavy atom. The molecule has 5 heteroatoms. The third kappa shape index (κ3) is 4.19. The Labute approximate surface area is 63.7 Å².